The van der Waals surface area contributed by atoms with Gasteiger partial charge in [-0.3, -0.25) is 0 Å². The summed E-state index contributed by atoms with van der Waals surface area (Å²) in [5.41, 5.74) is 8.11. The molecule has 4 heteroatoms. The Morgan fingerprint density at radius 3 is 2.53 bits per heavy atom. The van der Waals surface area contributed by atoms with E-state index >= 15 is 0 Å². The van der Waals surface area contributed by atoms with Crippen molar-refractivity contribution >= 4 is 17.3 Å². The van der Waals surface area contributed by atoms with Crippen LogP contribution in [0, 0.1) is 0 Å². The van der Waals surface area contributed by atoms with Crippen molar-refractivity contribution in [1.82, 2.24) is 4.90 Å². The van der Waals surface area contributed by atoms with Crippen LogP contribution in [0.3, 0.4) is 0 Å². The molecule has 0 heterocycles. The average Bonchev–Trinajstić information content (AvgIpc) is 2.37. The van der Waals surface area contributed by atoms with Gasteiger partial charge in [-0.15, -0.1) is 0 Å². The number of nitrogens with zero attached hydrogens (tertiary/aromatic N) is 2. The van der Waals surface area contributed by atoms with Gasteiger partial charge in [-0.2, -0.15) is 0 Å². The van der Waals surface area contributed by atoms with Crippen molar-refractivity contribution in [3.63, 3.8) is 0 Å². The lowest BCUT2D eigenvalue weighted by Gasteiger charge is -2.27. The quantitative estimate of drug-likeness (QED) is 0.796. The molecular formula is C15H26ClN3. The largest absolute Gasteiger partial charge is 0.371 e. The summed E-state index contributed by atoms with van der Waals surface area (Å²) in [5.74, 6) is 0. The fourth-order valence-corrected chi connectivity index (χ4v) is 2.53. The molecule has 19 heavy (non-hydrogen) atoms. The predicted octanol–water partition coefficient (Wildman–Crippen LogP) is 2.62. The lowest BCUT2D eigenvalue weighted by molar-refractivity contribution is 0.400. The highest BCUT2D eigenvalue weighted by molar-refractivity contribution is 6.31. The van der Waals surface area contributed by atoms with Crippen molar-refractivity contribution in [3.05, 3.63) is 28.8 Å². The van der Waals surface area contributed by atoms with Crippen molar-refractivity contribution in [2.45, 2.75) is 19.8 Å². The molecule has 0 aliphatic carbocycles. The molecule has 1 rings (SSSR count). The minimum absolute atomic E-state index is 0.631. The van der Waals surface area contributed by atoms with E-state index in [9.17, 15) is 0 Å². The van der Waals surface area contributed by atoms with E-state index in [0.717, 1.165) is 37.5 Å². The molecule has 0 radical (unpaired) electrons. The van der Waals surface area contributed by atoms with E-state index in [2.05, 4.69) is 36.9 Å². The summed E-state index contributed by atoms with van der Waals surface area (Å²) < 4.78 is 0. The first-order valence-corrected chi connectivity index (χ1v) is 7.35. The maximum absolute atomic E-state index is 6.30. The number of nitrogens with two attached hydrogens (primary N) is 1. The van der Waals surface area contributed by atoms with Crippen LogP contribution in [0.5, 0.6) is 0 Å². The summed E-state index contributed by atoms with van der Waals surface area (Å²) in [6.07, 6.45) is 1.98. The maximum Gasteiger partial charge on any atom is 0.0459 e. The molecule has 0 bridgehead atoms. The number of hydrogen-bond donors (Lipinski definition) is 1. The van der Waals surface area contributed by atoms with Gasteiger partial charge in [0.05, 0.1) is 0 Å². The number of anilines is 1. The van der Waals surface area contributed by atoms with Crippen molar-refractivity contribution < 1.29 is 0 Å². The topological polar surface area (TPSA) is 32.5 Å². The Bertz CT molecular complexity index is 380. The van der Waals surface area contributed by atoms with Gasteiger partial charge in [0.25, 0.3) is 0 Å². The lowest BCUT2D eigenvalue weighted by Crippen LogP contribution is -2.28. The molecule has 1 aromatic carbocycles. The van der Waals surface area contributed by atoms with Crippen LogP contribution >= 0.6 is 11.6 Å². The Balaban J connectivity index is 2.82. The third kappa shape index (κ3) is 5.01. The lowest BCUT2D eigenvalue weighted by atomic mass is 10.1. The average molecular weight is 284 g/mol. The third-order valence-corrected chi connectivity index (χ3v) is 3.60. The van der Waals surface area contributed by atoms with Crippen molar-refractivity contribution in [2.75, 3.05) is 45.2 Å². The highest BCUT2D eigenvalue weighted by atomic mass is 35.5. The van der Waals surface area contributed by atoms with Crippen LogP contribution in [0.2, 0.25) is 5.02 Å². The standard InChI is InChI=1S/C15H26ClN3/c1-4-19(12-6-11-18(2)3)15-8-5-7-14(16)13(15)9-10-17/h5,7-8H,4,6,9-12,17H2,1-3H3. The number of halogens is 1. The second-order valence-electron chi connectivity index (χ2n) is 5.01. The first-order valence-electron chi connectivity index (χ1n) is 6.97. The van der Waals surface area contributed by atoms with Crippen molar-refractivity contribution in [1.29, 1.82) is 0 Å². The molecule has 0 fully saturated rings. The van der Waals surface area contributed by atoms with E-state index in [1.807, 2.05) is 12.1 Å². The van der Waals surface area contributed by atoms with Crippen LogP contribution in [-0.4, -0.2) is 45.2 Å². The molecule has 0 aliphatic rings. The summed E-state index contributed by atoms with van der Waals surface area (Å²) in [6.45, 7) is 5.95. The molecule has 0 aromatic heterocycles. The van der Waals surface area contributed by atoms with Crippen LogP contribution in [0.1, 0.15) is 18.9 Å². The van der Waals surface area contributed by atoms with Gasteiger partial charge in [-0.25, -0.2) is 0 Å². The normalized spacial score (nSPS) is 11.1. The molecule has 1 aromatic rings. The Labute approximate surface area is 122 Å². The summed E-state index contributed by atoms with van der Waals surface area (Å²) in [4.78, 5) is 4.60. The highest BCUT2D eigenvalue weighted by Gasteiger charge is 2.12. The van der Waals surface area contributed by atoms with Crippen LogP contribution in [0.4, 0.5) is 5.69 Å². The fraction of sp³-hybridized carbons (Fsp3) is 0.600. The third-order valence-electron chi connectivity index (χ3n) is 3.24. The molecular weight excluding hydrogens is 258 g/mol. The Morgan fingerprint density at radius 2 is 1.95 bits per heavy atom. The smallest absolute Gasteiger partial charge is 0.0459 e. The molecule has 2 N–H and O–H groups in total. The summed E-state index contributed by atoms with van der Waals surface area (Å²) in [6, 6.07) is 6.12. The highest BCUT2D eigenvalue weighted by Crippen LogP contribution is 2.28. The molecule has 0 unspecified atom stereocenters. The second kappa shape index (κ2) is 8.41. The molecule has 108 valence electrons. The fourth-order valence-electron chi connectivity index (χ4n) is 2.26. The van der Waals surface area contributed by atoms with E-state index < -0.39 is 0 Å². The van der Waals surface area contributed by atoms with Gasteiger partial charge in [0.2, 0.25) is 0 Å². The van der Waals surface area contributed by atoms with Gasteiger partial charge in [0.1, 0.15) is 0 Å². The van der Waals surface area contributed by atoms with Crippen LogP contribution in [0.15, 0.2) is 18.2 Å². The summed E-state index contributed by atoms with van der Waals surface area (Å²) in [7, 11) is 4.21. The molecule has 0 spiro atoms. The minimum Gasteiger partial charge on any atom is -0.371 e. The van der Waals surface area contributed by atoms with E-state index in [-0.39, 0.29) is 0 Å². The minimum atomic E-state index is 0.631. The summed E-state index contributed by atoms with van der Waals surface area (Å²) >= 11 is 6.30. The number of rotatable bonds is 8. The van der Waals surface area contributed by atoms with Crippen molar-refractivity contribution in [3.8, 4) is 0 Å². The van der Waals surface area contributed by atoms with E-state index in [0.29, 0.717) is 6.54 Å². The van der Waals surface area contributed by atoms with Crippen LogP contribution < -0.4 is 10.6 Å². The predicted molar refractivity (Wildman–Crippen MR) is 85.3 cm³/mol. The SMILES string of the molecule is CCN(CCCN(C)C)c1cccc(Cl)c1CCN. The van der Waals surface area contributed by atoms with Crippen LogP contribution in [-0.2, 0) is 6.42 Å². The molecule has 3 nitrogen and oxygen atoms in total. The Morgan fingerprint density at radius 1 is 1.21 bits per heavy atom. The van der Waals surface area contributed by atoms with E-state index in [4.69, 9.17) is 17.3 Å². The Hall–Kier alpha value is -0.770. The number of benzene rings is 1. The van der Waals surface area contributed by atoms with Gasteiger partial charge in [0, 0.05) is 23.8 Å². The van der Waals surface area contributed by atoms with Gasteiger partial charge in [-0.05, 0) is 64.6 Å². The molecule has 0 atom stereocenters. The van der Waals surface area contributed by atoms with E-state index in [1.54, 1.807) is 0 Å². The second-order valence-corrected chi connectivity index (χ2v) is 5.42. The van der Waals surface area contributed by atoms with Gasteiger partial charge in [0.15, 0.2) is 0 Å². The van der Waals surface area contributed by atoms with Gasteiger partial charge >= 0.3 is 0 Å². The molecule has 0 saturated heterocycles. The first kappa shape index (κ1) is 16.3. The number of hydrogen-bond acceptors (Lipinski definition) is 3. The zero-order valence-electron chi connectivity index (χ0n) is 12.3. The van der Waals surface area contributed by atoms with Gasteiger partial charge in [-0.1, -0.05) is 17.7 Å². The van der Waals surface area contributed by atoms with Crippen molar-refractivity contribution in [2.24, 2.45) is 5.73 Å². The molecule has 0 amide bonds. The molecule has 0 saturated carbocycles. The first-order chi connectivity index (χ1) is 9.10. The molecule has 0 aliphatic heterocycles. The Kier molecular flexibility index (Phi) is 7.21. The van der Waals surface area contributed by atoms with Crippen LogP contribution in [0.25, 0.3) is 0 Å². The monoisotopic (exact) mass is 283 g/mol. The van der Waals surface area contributed by atoms with Gasteiger partial charge < -0.3 is 15.5 Å². The zero-order valence-corrected chi connectivity index (χ0v) is 13.1. The van der Waals surface area contributed by atoms with E-state index in [1.165, 1.54) is 11.3 Å². The zero-order chi connectivity index (χ0) is 14.3. The maximum atomic E-state index is 6.30. The summed E-state index contributed by atoms with van der Waals surface area (Å²) in [5, 5.41) is 0.828.